The number of aliphatic hydroxyl groups is 2. The van der Waals surface area contributed by atoms with Gasteiger partial charge in [-0.05, 0) is 83.5 Å². The number of unbranched alkanes of at least 4 members (excludes halogenated alkanes) is 17. The van der Waals surface area contributed by atoms with E-state index in [2.05, 4.69) is 86.8 Å². The normalized spacial score (nSPS) is 14.6. The molecule has 3 atom stereocenters. The van der Waals surface area contributed by atoms with Gasteiger partial charge in [-0.1, -0.05) is 164 Å². The molecular weight excluding hydrogens is 751 g/mol. The fourth-order valence-corrected chi connectivity index (χ4v) is 6.70. The number of allylic oxidation sites excluding steroid dienone is 12. The largest absolute Gasteiger partial charge is 0.472 e. The fourth-order valence-electron chi connectivity index (χ4n) is 5.91. The van der Waals surface area contributed by atoms with Gasteiger partial charge in [0.2, 0.25) is 0 Å². The summed E-state index contributed by atoms with van der Waals surface area (Å²) in [4.78, 5) is 22.6. The summed E-state index contributed by atoms with van der Waals surface area (Å²) in [6.07, 6.45) is 52.9. The molecule has 0 bridgehead atoms. The van der Waals surface area contributed by atoms with Crippen molar-refractivity contribution in [1.29, 1.82) is 0 Å². The Morgan fingerprint density at radius 2 is 0.983 bits per heavy atom. The Hall–Kier alpha value is -2.10. The number of aliphatic hydroxyl groups excluding tert-OH is 2. The molecule has 0 radical (unpaired) electrons. The van der Waals surface area contributed by atoms with Gasteiger partial charge < -0.3 is 24.6 Å². The van der Waals surface area contributed by atoms with Crippen molar-refractivity contribution in [2.24, 2.45) is 0 Å². The summed E-state index contributed by atoms with van der Waals surface area (Å²) in [5, 5.41) is 18.4. The van der Waals surface area contributed by atoms with Gasteiger partial charge in [-0.2, -0.15) is 0 Å². The molecule has 0 aliphatic rings. The number of carbonyl (C=O) groups is 1. The van der Waals surface area contributed by atoms with Gasteiger partial charge in [0.05, 0.1) is 26.4 Å². The highest BCUT2D eigenvalue weighted by atomic mass is 31.2. The standard InChI is InChI=1S/C48H85O9P/c1-3-5-7-9-11-13-15-17-19-21-22-23-24-25-26-28-30-32-34-36-38-40-48(51)57-47(45-56-58(52,53)55-43-46(50)42-49)44-54-41-39-37-35-33-31-29-27-20-18-16-14-12-10-8-6-4-2/h6,8,12,14-15,17-18,20-22,29,31,46-47,49-50H,3-5,7,9-11,13,16,19,23-28,30,32-45H2,1-2H3,(H,52,53)/b8-6-,14-12-,17-15-,20-18-,22-21-,31-29-. The van der Waals surface area contributed by atoms with Crippen LogP contribution in [0.15, 0.2) is 72.9 Å². The fraction of sp³-hybridized carbons (Fsp3) is 0.729. The molecule has 0 heterocycles. The van der Waals surface area contributed by atoms with Crippen LogP contribution in [0.1, 0.15) is 181 Å². The number of hydrogen-bond acceptors (Lipinski definition) is 8. The number of hydrogen-bond donors (Lipinski definition) is 3. The third-order valence-corrected chi connectivity index (χ3v) is 10.3. The van der Waals surface area contributed by atoms with Crippen LogP contribution in [-0.2, 0) is 27.9 Å². The molecule has 0 fully saturated rings. The molecule has 0 aliphatic carbocycles. The van der Waals surface area contributed by atoms with Gasteiger partial charge in [-0.25, -0.2) is 4.57 Å². The van der Waals surface area contributed by atoms with Crippen LogP contribution in [0, 0.1) is 0 Å². The van der Waals surface area contributed by atoms with Crippen LogP contribution in [0.25, 0.3) is 0 Å². The predicted molar refractivity (Wildman–Crippen MR) is 242 cm³/mol. The first-order chi connectivity index (χ1) is 28.3. The number of rotatable bonds is 43. The van der Waals surface area contributed by atoms with Crippen molar-refractivity contribution in [2.45, 2.75) is 193 Å². The van der Waals surface area contributed by atoms with Gasteiger partial charge in [0.15, 0.2) is 0 Å². The van der Waals surface area contributed by atoms with Crippen molar-refractivity contribution in [1.82, 2.24) is 0 Å². The van der Waals surface area contributed by atoms with E-state index >= 15 is 0 Å². The maximum absolute atomic E-state index is 12.6. The Bertz CT molecular complexity index is 1130. The summed E-state index contributed by atoms with van der Waals surface area (Å²) in [7, 11) is -4.53. The van der Waals surface area contributed by atoms with Gasteiger partial charge in [-0.15, -0.1) is 0 Å². The Morgan fingerprint density at radius 1 is 0.552 bits per heavy atom. The molecule has 3 unspecified atom stereocenters. The molecule has 0 saturated carbocycles. The first-order valence-corrected chi connectivity index (χ1v) is 24.4. The second-order valence-electron chi connectivity index (χ2n) is 15.0. The van der Waals surface area contributed by atoms with Gasteiger partial charge in [-0.3, -0.25) is 13.8 Å². The van der Waals surface area contributed by atoms with Gasteiger partial charge in [0.1, 0.15) is 12.2 Å². The molecule has 58 heavy (non-hydrogen) atoms. The predicted octanol–water partition coefficient (Wildman–Crippen LogP) is 12.9. The lowest BCUT2D eigenvalue weighted by molar-refractivity contribution is -0.154. The molecule has 9 nitrogen and oxygen atoms in total. The van der Waals surface area contributed by atoms with Crippen molar-refractivity contribution >= 4 is 13.8 Å². The first-order valence-electron chi connectivity index (χ1n) is 22.9. The van der Waals surface area contributed by atoms with E-state index in [9.17, 15) is 19.4 Å². The quantitative estimate of drug-likeness (QED) is 0.0238. The van der Waals surface area contributed by atoms with Crippen LogP contribution >= 0.6 is 7.82 Å². The number of esters is 1. The molecular formula is C48H85O9P. The average Bonchev–Trinajstić information content (AvgIpc) is 3.21. The minimum atomic E-state index is -4.53. The summed E-state index contributed by atoms with van der Waals surface area (Å²) in [5.41, 5.74) is 0. The minimum absolute atomic E-state index is 0.0226. The maximum atomic E-state index is 12.6. The molecule has 0 aromatic carbocycles. The van der Waals surface area contributed by atoms with Crippen molar-refractivity contribution < 1.29 is 43.0 Å². The SMILES string of the molecule is CC/C=C\C/C=C\C/C=C\C/C=C\CCCCCOCC(COP(=O)(O)OCC(O)CO)OC(=O)CCCCCCCCCCC/C=C\C/C=C\CCCCCCC. The summed E-state index contributed by atoms with van der Waals surface area (Å²) >= 11 is 0. The minimum Gasteiger partial charge on any atom is -0.457 e. The number of carbonyl (C=O) groups excluding carboxylic acids is 1. The van der Waals surface area contributed by atoms with Crippen LogP contribution in [0.3, 0.4) is 0 Å². The zero-order valence-electron chi connectivity index (χ0n) is 36.7. The smallest absolute Gasteiger partial charge is 0.457 e. The van der Waals surface area contributed by atoms with E-state index in [0.29, 0.717) is 13.0 Å². The van der Waals surface area contributed by atoms with Crippen LogP contribution in [0.4, 0.5) is 0 Å². The first kappa shape index (κ1) is 55.9. The Balaban J connectivity index is 4.20. The van der Waals surface area contributed by atoms with Crippen molar-refractivity contribution in [3.8, 4) is 0 Å². The Morgan fingerprint density at radius 3 is 1.48 bits per heavy atom. The zero-order chi connectivity index (χ0) is 42.5. The van der Waals surface area contributed by atoms with E-state index in [0.717, 1.165) is 83.5 Å². The Labute approximate surface area is 354 Å². The molecule has 336 valence electrons. The van der Waals surface area contributed by atoms with Crippen molar-refractivity contribution in [2.75, 3.05) is 33.0 Å². The summed E-state index contributed by atoms with van der Waals surface area (Å²) in [5.74, 6) is -0.401. The van der Waals surface area contributed by atoms with Crippen molar-refractivity contribution in [3.63, 3.8) is 0 Å². The monoisotopic (exact) mass is 837 g/mol. The van der Waals surface area contributed by atoms with Crippen LogP contribution in [0.5, 0.6) is 0 Å². The maximum Gasteiger partial charge on any atom is 0.472 e. The van der Waals surface area contributed by atoms with Crippen LogP contribution in [-0.4, -0.2) is 66.3 Å². The molecule has 0 aromatic rings. The molecule has 0 aliphatic heterocycles. The number of phosphoric acid groups is 1. The summed E-state index contributed by atoms with van der Waals surface area (Å²) < 4.78 is 33.4. The second kappa shape index (κ2) is 44.5. The zero-order valence-corrected chi connectivity index (χ0v) is 37.6. The highest BCUT2D eigenvalue weighted by Crippen LogP contribution is 2.43. The number of ether oxygens (including phenoxy) is 2. The van der Waals surface area contributed by atoms with E-state index in [1.807, 2.05) is 0 Å². The average molecular weight is 837 g/mol. The third kappa shape index (κ3) is 43.5. The van der Waals surface area contributed by atoms with Gasteiger partial charge in [0, 0.05) is 13.0 Å². The van der Waals surface area contributed by atoms with E-state index in [1.165, 1.54) is 70.6 Å². The Kier molecular flexibility index (Phi) is 42.8. The highest BCUT2D eigenvalue weighted by molar-refractivity contribution is 7.47. The lowest BCUT2D eigenvalue weighted by atomic mass is 10.1. The van der Waals surface area contributed by atoms with E-state index in [4.69, 9.17) is 23.6 Å². The summed E-state index contributed by atoms with van der Waals surface area (Å²) in [6, 6.07) is 0. The van der Waals surface area contributed by atoms with E-state index in [1.54, 1.807) is 0 Å². The van der Waals surface area contributed by atoms with E-state index in [-0.39, 0.29) is 13.0 Å². The van der Waals surface area contributed by atoms with Crippen LogP contribution < -0.4 is 0 Å². The lowest BCUT2D eigenvalue weighted by Crippen LogP contribution is -2.29. The number of phosphoric ester groups is 1. The van der Waals surface area contributed by atoms with Gasteiger partial charge in [0.25, 0.3) is 0 Å². The third-order valence-electron chi connectivity index (χ3n) is 9.38. The van der Waals surface area contributed by atoms with Crippen LogP contribution in [0.2, 0.25) is 0 Å². The molecule has 10 heteroatoms. The van der Waals surface area contributed by atoms with E-state index < -0.39 is 45.8 Å². The topological polar surface area (TPSA) is 132 Å². The highest BCUT2D eigenvalue weighted by Gasteiger charge is 2.26. The lowest BCUT2D eigenvalue weighted by Gasteiger charge is -2.20. The molecule has 0 spiro atoms. The molecule has 0 rings (SSSR count). The second-order valence-corrected chi connectivity index (χ2v) is 16.5. The summed E-state index contributed by atoms with van der Waals surface area (Å²) in [6.45, 7) is 3.30. The van der Waals surface area contributed by atoms with Crippen molar-refractivity contribution in [3.05, 3.63) is 72.9 Å². The molecule has 0 amide bonds. The van der Waals surface area contributed by atoms with Gasteiger partial charge >= 0.3 is 13.8 Å². The molecule has 0 aromatic heterocycles. The molecule has 3 N–H and O–H groups in total. The molecule has 0 saturated heterocycles.